The van der Waals surface area contributed by atoms with E-state index in [-0.39, 0.29) is 3.57 Å². The summed E-state index contributed by atoms with van der Waals surface area (Å²) in [6.45, 7) is 0. The van der Waals surface area contributed by atoms with E-state index < -0.39 is 11.9 Å². The van der Waals surface area contributed by atoms with E-state index >= 15 is 0 Å². The topological polar surface area (TPSA) is 12.9 Å². The number of halogens is 5. The molecule has 1 heterocycles. The fourth-order valence-electron chi connectivity index (χ4n) is 0.623. The highest BCUT2D eigenvalue weighted by atomic mass is 127. The van der Waals surface area contributed by atoms with Crippen LogP contribution < -0.4 is 0 Å². The molecule has 0 aliphatic rings. The van der Waals surface area contributed by atoms with Gasteiger partial charge in [0.15, 0.2) is 5.69 Å². The first-order valence-electron chi connectivity index (χ1n) is 2.79. The monoisotopic (exact) mass is 399 g/mol. The summed E-state index contributed by atoms with van der Waals surface area (Å²) in [5.74, 6) is 0. The van der Waals surface area contributed by atoms with Crippen molar-refractivity contribution in [1.82, 2.24) is 4.98 Å². The third-order valence-corrected chi connectivity index (χ3v) is 2.49. The number of aromatic nitrogens is 1. The minimum Gasteiger partial charge on any atom is -0.250 e. The first-order chi connectivity index (χ1) is 5.41. The molecule has 66 valence electrons. The summed E-state index contributed by atoms with van der Waals surface area (Å²) >= 11 is 3.54. The molecule has 0 spiro atoms. The molecule has 0 bridgehead atoms. The number of hydrogen-bond acceptors (Lipinski definition) is 1. The van der Waals surface area contributed by atoms with Crippen LogP contribution >= 0.6 is 45.2 Å². The van der Waals surface area contributed by atoms with Gasteiger partial charge in [-0.2, -0.15) is 13.2 Å². The molecule has 1 nitrogen and oxygen atoms in total. The molecule has 6 heteroatoms. The molecule has 0 unspecified atom stereocenters. The van der Waals surface area contributed by atoms with Crippen molar-refractivity contribution in [3.05, 3.63) is 25.1 Å². The quantitative estimate of drug-likeness (QED) is 0.611. The summed E-state index contributed by atoms with van der Waals surface area (Å²) < 4.78 is 37.2. The van der Waals surface area contributed by atoms with E-state index in [1.54, 1.807) is 22.6 Å². The van der Waals surface area contributed by atoms with Gasteiger partial charge < -0.3 is 0 Å². The van der Waals surface area contributed by atoms with E-state index in [1.807, 2.05) is 22.6 Å². The highest BCUT2D eigenvalue weighted by molar-refractivity contribution is 14.1. The standard InChI is InChI=1S/C6H2F3I2N/c7-6(8,9)5-4(11)1-3(10)2-12-5/h1-2H. The largest absolute Gasteiger partial charge is 0.434 e. The Balaban J connectivity index is 3.19. The second-order valence-corrected chi connectivity index (χ2v) is 4.39. The third-order valence-electron chi connectivity index (χ3n) is 1.08. The Hall–Kier alpha value is 0.400. The van der Waals surface area contributed by atoms with Crippen molar-refractivity contribution in [3.63, 3.8) is 0 Å². The van der Waals surface area contributed by atoms with Crippen LogP contribution in [0, 0.1) is 7.14 Å². The molecule has 1 rings (SSSR count). The molecular weight excluding hydrogens is 397 g/mol. The number of alkyl halides is 3. The third kappa shape index (κ3) is 2.44. The fraction of sp³-hybridized carbons (Fsp3) is 0.167. The Morgan fingerprint density at radius 1 is 1.25 bits per heavy atom. The normalized spacial score (nSPS) is 11.8. The minimum absolute atomic E-state index is 0.131. The van der Waals surface area contributed by atoms with E-state index in [2.05, 4.69) is 4.98 Å². The van der Waals surface area contributed by atoms with Crippen LogP contribution in [0.25, 0.3) is 0 Å². The lowest BCUT2D eigenvalue weighted by Gasteiger charge is -2.06. The van der Waals surface area contributed by atoms with Crippen LogP contribution in [0.2, 0.25) is 0 Å². The SMILES string of the molecule is FC(F)(F)c1ncc(I)cc1I. The van der Waals surface area contributed by atoms with Crippen molar-refractivity contribution < 1.29 is 13.2 Å². The molecule has 0 aliphatic carbocycles. The maximum Gasteiger partial charge on any atom is 0.434 e. The van der Waals surface area contributed by atoms with E-state index in [9.17, 15) is 13.2 Å². The molecule has 1 aromatic heterocycles. The van der Waals surface area contributed by atoms with E-state index in [4.69, 9.17) is 0 Å². The molecule has 1 aromatic rings. The Morgan fingerprint density at radius 3 is 2.25 bits per heavy atom. The van der Waals surface area contributed by atoms with E-state index in [0.717, 1.165) is 0 Å². The highest BCUT2D eigenvalue weighted by Crippen LogP contribution is 2.31. The molecule has 0 saturated carbocycles. The Bertz CT molecular complexity index is 297. The van der Waals surface area contributed by atoms with Crippen LogP contribution in [-0.4, -0.2) is 4.98 Å². The first-order valence-corrected chi connectivity index (χ1v) is 4.95. The predicted molar refractivity (Wildman–Crippen MR) is 54.7 cm³/mol. The second-order valence-electron chi connectivity index (χ2n) is 1.98. The van der Waals surface area contributed by atoms with Crippen molar-refractivity contribution >= 4 is 45.2 Å². The van der Waals surface area contributed by atoms with Crippen molar-refractivity contribution in [2.24, 2.45) is 0 Å². The Morgan fingerprint density at radius 2 is 1.83 bits per heavy atom. The molecular formula is C6H2F3I2N. The molecule has 0 aliphatic heterocycles. The molecule has 0 fully saturated rings. The van der Waals surface area contributed by atoms with Gasteiger partial charge in [-0.25, -0.2) is 4.98 Å². The summed E-state index contributed by atoms with van der Waals surface area (Å²) in [4.78, 5) is 3.31. The van der Waals surface area contributed by atoms with Gasteiger partial charge in [0.25, 0.3) is 0 Å². The van der Waals surface area contributed by atoms with Gasteiger partial charge in [0, 0.05) is 13.3 Å². The van der Waals surface area contributed by atoms with Crippen LogP contribution in [0.4, 0.5) is 13.2 Å². The molecule has 0 atom stereocenters. The van der Waals surface area contributed by atoms with Gasteiger partial charge in [-0.15, -0.1) is 0 Å². The van der Waals surface area contributed by atoms with E-state index in [0.29, 0.717) is 3.57 Å². The van der Waals surface area contributed by atoms with Crippen LogP contribution in [0.1, 0.15) is 5.69 Å². The van der Waals surface area contributed by atoms with Crippen molar-refractivity contribution in [1.29, 1.82) is 0 Å². The molecule has 0 saturated heterocycles. The average molecular weight is 399 g/mol. The van der Waals surface area contributed by atoms with Crippen LogP contribution in [0.3, 0.4) is 0 Å². The number of nitrogens with zero attached hydrogens (tertiary/aromatic N) is 1. The highest BCUT2D eigenvalue weighted by Gasteiger charge is 2.34. The van der Waals surface area contributed by atoms with E-state index in [1.165, 1.54) is 12.3 Å². The van der Waals surface area contributed by atoms with Crippen molar-refractivity contribution in [2.45, 2.75) is 6.18 Å². The van der Waals surface area contributed by atoms with Crippen LogP contribution in [0.5, 0.6) is 0 Å². The average Bonchev–Trinajstić information content (AvgIpc) is 1.83. The molecule has 0 N–H and O–H groups in total. The summed E-state index contributed by atoms with van der Waals surface area (Å²) in [5, 5.41) is 0. The van der Waals surface area contributed by atoms with Gasteiger partial charge in [0.1, 0.15) is 0 Å². The molecule has 0 amide bonds. The number of rotatable bonds is 0. The lowest BCUT2D eigenvalue weighted by molar-refractivity contribution is -0.141. The summed E-state index contributed by atoms with van der Waals surface area (Å²) in [5.41, 5.74) is -0.816. The summed E-state index contributed by atoms with van der Waals surface area (Å²) in [6.07, 6.45) is -3.15. The zero-order valence-corrected chi connectivity index (χ0v) is 9.81. The lowest BCUT2D eigenvalue weighted by atomic mass is 10.3. The Kier molecular flexibility index (Phi) is 3.18. The van der Waals surface area contributed by atoms with Gasteiger partial charge in [0.05, 0.1) is 0 Å². The first kappa shape index (κ1) is 10.5. The maximum atomic E-state index is 12.1. The number of hydrogen-bond donors (Lipinski definition) is 0. The molecule has 0 radical (unpaired) electrons. The van der Waals surface area contributed by atoms with Crippen molar-refractivity contribution in [2.75, 3.05) is 0 Å². The second kappa shape index (κ2) is 3.64. The maximum absolute atomic E-state index is 12.1. The minimum atomic E-state index is -4.35. The van der Waals surface area contributed by atoms with Gasteiger partial charge in [-0.3, -0.25) is 0 Å². The summed E-state index contributed by atoms with van der Waals surface area (Å²) in [6, 6.07) is 1.44. The summed E-state index contributed by atoms with van der Waals surface area (Å²) in [7, 11) is 0. The van der Waals surface area contributed by atoms with Gasteiger partial charge >= 0.3 is 6.18 Å². The molecule has 0 aromatic carbocycles. The fourth-order valence-corrected chi connectivity index (χ4v) is 2.45. The number of pyridine rings is 1. The Labute approximate surface area is 94.0 Å². The smallest absolute Gasteiger partial charge is 0.250 e. The van der Waals surface area contributed by atoms with Crippen LogP contribution in [0.15, 0.2) is 12.3 Å². The zero-order chi connectivity index (χ0) is 9.35. The van der Waals surface area contributed by atoms with Crippen LogP contribution in [-0.2, 0) is 6.18 Å². The van der Waals surface area contributed by atoms with Gasteiger partial charge in [-0.05, 0) is 51.2 Å². The van der Waals surface area contributed by atoms with Gasteiger partial charge in [0.2, 0.25) is 0 Å². The zero-order valence-electron chi connectivity index (χ0n) is 5.49. The van der Waals surface area contributed by atoms with Crippen molar-refractivity contribution in [3.8, 4) is 0 Å². The molecule has 12 heavy (non-hydrogen) atoms. The predicted octanol–water partition coefficient (Wildman–Crippen LogP) is 3.31. The van der Waals surface area contributed by atoms with Gasteiger partial charge in [-0.1, -0.05) is 0 Å². The lowest BCUT2D eigenvalue weighted by Crippen LogP contribution is -2.10.